The maximum Gasteiger partial charge on any atom is 0.134 e. The topological polar surface area (TPSA) is 9.23 Å². The highest BCUT2D eigenvalue weighted by Crippen LogP contribution is 2.48. The molecule has 3 aromatic carbocycles. The molecule has 0 bridgehead atoms. The van der Waals surface area contributed by atoms with Crippen LogP contribution in [0.2, 0.25) is 0 Å². The zero-order chi connectivity index (χ0) is 57.0. The van der Waals surface area contributed by atoms with Crippen LogP contribution in [0.1, 0.15) is 147 Å². The van der Waals surface area contributed by atoms with Crippen molar-refractivity contribution in [2.75, 3.05) is 7.11 Å². The second kappa shape index (κ2) is 37.5. The number of unbranched alkanes of at least 4 members (excludes halogenated alkanes) is 2. The number of rotatable bonds is 24. The number of hydrogen-bond acceptors (Lipinski definition) is 1. The van der Waals surface area contributed by atoms with E-state index in [1.807, 2.05) is 37.3 Å². The first-order valence-corrected chi connectivity index (χ1v) is 28.8. The van der Waals surface area contributed by atoms with E-state index >= 15 is 0 Å². The molecule has 410 valence electrons. The third kappa shape index (κ3) is 20.3. The molecule has 0 amide bonds. The van der Waals surface area contributed by atoms with Crippen molar-refractivity contribution in [3.8, 4) is 5.75 Å². The van der Waals surface area contributed by atoms with Gasteiger partial charge in [-0.1, -0.05) is 296 Å². The van der Waals surface area contributed by atoms with Crippen molar-refractivity contribution in [3.63, 3.8) is 0 Å². The highest BCUT2D eigenvalue weighted by Gasteiger charge is 2.41. The van der Waals surface area contributed by atoms with E-state index in [9.17, 15) is 0 Å². The number of methoxy groups -OCH3 is 1. The molecule has 0 heterocycles. The monoisotopic (exact) mass is 1040 g/mol. The SMILES string of the molecule is C=C/C(=C\C=C/C)c1cccc(C(/C=C\CCC)=C/CCC)c1OC.C=C/C=C\C(=C/C)C(C(=C)C)(c1ccc(C(/C=C\CC)=C/C)cc1)C1C=CC=CC(C/C=C\C)=C1.Cc1ccc(C/C=C\C=C2\C=CCCC2C)cc1. The lowest BCUT2D eigenvalue weighted by Crippen LogP contribution is -2.36. The normalized spacial score (nSPS) is 17.6. The largest absolute Gasteiger partial charge is 0.495 e. The van der Waals surface area contributed by atoms with Crippen molar-refractivity contribution in [3.05, 3.63) is 300 Å². The maximum absolute atomic E-state index is 5.82. The summed E-state index contributed by atoms with van der Waals surface area (Å²) >= 11 is 0. The highest BCUT2D eigenvalue weighted by molar-refractivity contribution is 5.86. The van der Waals surface area contributed by atoms with E-state index < -0.39 is 5.41 Å². The van der Waals surface area contributed by atoms with Gasteiger partial charge in [-0.15, -0.1) is 0 Å². The summed E-state index contributed by atoms with van der Waals surface area (Å²) < 4.78 is 5.82. The van der Waals surface area contributed by atoms with Gasteiger partial charge in [-0.2, -0.15) is 0 Å². The molecular formula is C77H96O. The predicted molar refractivity (Wildman–Crippen MR) is 351 cm³/mol. The molecule has 1 nitrogen and oxygen atoms in total. The van der Waals surface area contributed by atoms with Gasteiger partial charge in [0, 0.05) is 22.5 Å². The Balaban J connectivity index is 0.000000325. The van der Waals surface area contributed by atoms with Crippen LogP contribution in [0.15, 0.2) is 267 Å². The third-order valence-electron chi connectivity index (χ3n) is 14.1. The van der Waals surface area contributed by atoms with Gasteiger partial charge in [0.05, 0.1) is 7.11 Å². The molecule has 5 rings (SSSR count). The molecule has 2 aliphatic carbocycles. The summed E-state index contributed by atoms with van der Waals surface area (Å²) in [6.45, 7) is 33.9. The first kappa shape index (κ1) is 65.1. The number of hydrogen-bond donors (Lipinski definition) is 0. The molecule has 0 N–H and O–H groups in total. The van der Waals surface area contributed by atoms with Crippen LogP contribution in [0.3, 0.4) is 0 Å². The Morgan fingerprint density at radius 1 is 0.731 bits per heavy atom. The van der Waals surface area contributed by atoms with E-state index in [0.29, 0.717) is 5.92 Å². The Kier molecular flexibility index (Phi) is 31.3. The van der Waals surface area contributed by atoms with Crippen LogP contribution in [-0.4, -0.2) is 7.11 Å². The van der Waals surface area contributed by atoms with E-state index in [4.69, 9.17) is 4.74 Å². The molecule has 78 heavy (non-hydrogen) atoms. The Morgan fingerprint density at radius 3 is 2.05 bits per heavy atom. The second-order valence-corrected chi connectivity index (χ2v) is 19.9. The van der Waals surface area contributed by atoms with Gasteiger partial charge in [-0.25, -0.2) is 0 Å². The summed E-state index contributed by atoms with van der Waals surface area (Å²) in [4.78, 5) is 0. The van der Waals surface area contributed by atoms with E-state index in [1.165, 1.54) is 63.0 Å². The predicted octanol–water partition coefficient (Wildman–Crippen LogP) is 22.6. The fourth-order valence-corrected chi connectivity index (χ4v) is 9.70. The van der Waals surface area contributed by atoms with Crippen LogP contribution in [0.5, 0.6) is 5.75 Å². The van der Waals surface area contributed by atoms with Gasteiger partial charge < -0.3 is 4.74 Å². The fourth-order valence-electron chi connectivity index (χ4n) is 9.70. The van der Waals surface area contributed by atoms with Gasteiger partial charge in [0.15, 0.2) is 0 Å². The van der Waals surface area contributed by atoms with Crippen LogP contribution in [0.4, 0.5) is 0 Å². The molecule has 1 heteroatoms. The molecule has 0 aromatic heterocycles. The van der Waals surface area contributed by atoms with Crippen molar-refractivity contribution in [1.29, 1.82) is 0 Å². The van der Waals surface area contributed by atoms with Gasteiger partial charge >= 0.3 is 0 Å². The summed E-state index contributed by atoms with van der Waals surface area (Å²) in [7, 11) is 1.74. The Labute approximate surface area is 476 Å². The van der Waals surface area contributed by atoms with Crippen molar-refractivity contribution in [2.24, 2.45) is 11.8 Å². The standard InChI is InChI=1S/C35H42.C24H32O.C18H22/c1-8-13-18-29-19-16-17-22-34(27-29)35(28(6)7,32(12-5)21-15-10-3)33-25-23-31(24-26-33)30(11-4)20-14-9-2;1-6-10-13-17-21(16-12-8-3)23-19-14-18-22(24(23)25-5)20(9-4)15-11-7-2;1-15-11-13-17(14-12-15)8-4-6-10-18-9-5-3-7-16(18)2/h8,10-17,19-27,34H,3,6,9,18H2,1-2,4-5,7H3;7,9,11,13-19H,4,6,8,10,12H2,1-3,5H3;4-6,9-14,16H,3,7-8H2,1-2H3/b13-8-,20-14-,21-15-,30-11+,32-12+;11-7-,17-13-,20-15+,21-16+;6-4-,18-10-. The summed E-state index contributed by atoms with van der Waals surface area (Å²) in [6, 6.07) is 24.1. The van der Waals surface area contributed by atoms with Crippen LogP contribution < -0.4 is 4.74 Å². The lowest BCUT2D eigenvalue weighted by Gasteiger charge is -2.42. The zero-order valence-electron chi connectivity index (χ0n) is 49.9. The quantitative estimate of drug-likeness (QED) is 0.0642. The summed E-state index contributed by atoms with van der Waals surface area (Å²) in [5, 5.41) is 0. The molecule has 0 radical (unpaired) electrons. The molecule has 3 unspecified atom stereocenters. The third-order valence-corrected chi connectivity index (χ3v) is 14.1. The molecule has 0 saturated carbocycles. The Bertz CT molecular complexity index is 2810. The molecule has 2 aliphatic rings. The van der Waals surface area contributed by atoms with Crippen LogP contribution in [0.25, 0.3) is 16.7 Å². The first-order valence-electron chi connectivity index (χ1n) is 28.8. The first-order chi connectivity index (χ1) is 38.0. The van der Waals surface area contributed by atoms with Crippen molar-refractivity contribution in [2.45, 2.75) is 132 Å². The summed E-state index contributed by atoms with van der Waals surface area (Å²) in [6.07, 6.45) is 66.4. The van der Waals surface area contributed by atoms with Crippen molar-refractivity contribution < 1.29 is 4.74 Å². The minimum Gasteiger partial charge on any atom is -0.495 e. The molecule has 0 saturated heterocycles. The number of para-hydroxylation sites is 1. The van der Waals surface area contributed by atoms with Gasteiger partial charge in [0.2, 0.25) is 0 Å². The number of ether oxygens (including phenoxy) is 1. The van der Waals surface area contributed by atoms with E-state index in [1.54, 1.807) is 7.11 Å². The zero-order valence-corrected chi connectivity index (χ0v) is 49.9. The molecule has 3 aromatic rings. The molecule has 0 aliphatic heterocycles. The average molecular weight is 1040 g/mol. The van der Waals surface area contributed by atoms with Crippen LogP contribution in [0, 0.1) is 18.8 Å². The second-order valence-electron chi connectivity index (χ2n) is 19.9. The highest BCUT2D eigenvalue weighted by atomic mass is 16.5. The van der Waals surface area contributed by atoms with Crippen LogP contribution >= 0.6 is 0 Å². The summed E-state index contributed by atoms with van der Waals surface area (Å²) in [5.41, 5.74) is 15.6. The minimum absolute atomic E-state index is 0.114. The van der Waals surface area contributed by atoms with E-state index in [0.717, 1.165) is 73.0 Å². The number of benzene rings is 3. The Morgan fingerprint density at radius 2 is 1.45 bits per heavy atom. The fraction of sp³-hybridized carbons (Fsp3) is 0.299. The van der Waals surface area contributed by atoms with E-state index in [-0.39, 0.29) is 5.92 Å². The lowest BCUT2D eigenvalue weighted by atomic mass is 9.61. The smallest absolute Gasteiger partial charge is 0.134 e. The molecule has 3 atom stereocenters. The molecule has 0 fully saturated rings. The lowest BCUT2D eigenvalue weighted by molar-refractivity contribution is 0.412. The maximum atomic E-state index is 5.82. The van der Waals surface area contributed by atoms with E-state index in [2.05, 4.69) is 276 Å². The number of allylic oxidation sites excluding steroid dienone is 33. The van der Waals surface area contributed by atoms with Crippen molar-refractivity contribution in [1.82, 2.24) is 0 Å². The number of aryl methyl sites for hydroxylation is 1. The average Bonchev–Trinajstić information content (AvgIpc) is 3.73. The van der Waals surface area contributed by atoms with Gasteiger partial charge in [-0.05, 0) is 143 Å². The minimum atomic E-state index is -0.411. The summed E-state index contributed by atoms with van der Waals surface area (Å²) in [5.74, 6) is 1.73. The van der Waals surface area contributed by atoms with Gasteiger partial charge in [0.1, 0.15) is 5.75 Å². The van der Waals surface area contributed by atoms with Crippen LogP contribution in [-0.2, 0) is 11.8 Å². The molecule has 0 spiro atoms. The van der Waals surface area contributed by atoms with Gasteiger partial charge in [-0.3, -0.25) is 0 Å². The van der Waals surface area contributed by atoms with Crippen molar-refractivity contribution >= 4 is 16.7 Å². The van der Waals surface area contributed by atoms with Gasteiger partial charge in [0.25, 0.3) is 0 Å². The molecular weight excluding hydrogens is 941 g/mol. The Hall–Kier alpha value is -7.22.